The monoisotopic (exact) mass is 604 g/mol. The summed E-state index contributed by atoms with van der Waals surface area (Å²) in [6.07, 6.45) is -2.17. The van der Waals surface area contributed by atoms with E-state index in [1.54, 1.807) is 19.9 Å². The largest absolute Gasteiger partial charge is 0.490 e. The highest BCUT2D eigenvalue weighted by atomic mass is 32.2. The smallest absolute Gasteiger partial charge is 0.480 e. The third-order valence-electron chi connectivity index (χ3n) is 6.30. The SMILES string of the molecule is CN=[S@]1(=O)C[C@@](CF)(c2cc(-c3cc(-c4cnc(OC)cn4)no3)ccc2F)N=C(N)C1(C)C.O=C(O)C(F)(F)F. The van der Waals surface area contributed by atoms with Gasteiger partial charge in [0, 0.05) is 24.2 Å². The molecule has 3 N–H and O–H groups in total. The molecule has 41 heavy (non-hydrogen) atoms. The summed E-state index contributed by atoms with van der Waals surface area (Å²) in [5.41, 5.74) is 5.48. The van der Waals surface area contributed by atoms with E-state index in [1.807, 2.05) is 0 Å². The van der Waals surface area contributed by atoms with Crippen LogP contribution in [-0.2, 0) is 20.1 Å². The van der Waals surface area contributed by atoms with Gasteiger partial charge in [-0.15, -0.1) is 0 Å². The maximum absolute atomic E-state index is 15.0. The van der Waals surface area contributed by atoms with Gasteiger partial charge in [-0.3, -0.25) is 4.99 Å². The van der Waals surface area contributed by atoms with Gasteiger partial charge in [0.05, 0.1) is 35.0 Å². The van der Waals surface area contributed by atoms with Gasteiger partial charge < -0.3 is 20.1 Å². The lowest BCUT2D eigenvalue weighted by Crippen LogP contribution is -2.56. The molecule has 3 heterocycles. The number of hydrogen-bond donors (Lipinski definition) is 2. The third-order valence-corrected chi connectivity index (χ3v) is 9.57. The number of amidine groups is 1. The van der Waals surface area contributed by atoms with Crippen LogP contribution in [0.15, 0.2) is 50.5 Å². The average Bonchev–Trinajstić information content (AvgIpc) is 3.42. The predicted molar refractivity (Wildman–Crippen MR) is 138 cm³/mol. The summed E-state index contributed by atoms with van der Waals surface area (Å²) in [7, 11) is -0.190. The molecule has 0 saturated heterocycles. The Morgan fingerprint density at radius 1 is 1.22 bits per heavy atom. The fourth-order valence-corrected chi connectivity index (χ4v) is 6.02. The van der Waals surface area contributed by atoms with Crippen LogP contribution in [0.4, 0.5) is 22.0 Å². The van der Waals surface area contributed by atoms with E-state index in [9.17, 15) is 21.8 Å². The number of carboxylic acid groups (broad SMARTS) is 1. The summed E-state index contributed by atoms with van der Waals surface area (Å²) < 4.78 is 88.3. The first-order chi connectivity index (χ1) is 19.0. The molecule has 1 aromatic carbocycles. The quantitative estimate of drug-likeness (QED) is 0.410. The fraction of sp³-hybridized carbons (Fsp3) is 0.375. The number of aliphatic carboxylic acids is 1. The molecule has 3 aromatic rings. The van der Waals surface area contributed by atoms with Crippen molar-refractivity contribution in [3.8, 4) is 28.6 Å². The number of aromatic nitrogens is 3. The summed E-state index contributed by atoms with van der Waals surface area (Å²) >= 11 is 0. The van der Waals surface area contributed by atoms with Gasteiger partial charge in [-0.05, 0) is 32.0 Å². The lowest BCUT2D eigenvalue weighted by molar-refractivity contribution is -0.192. The molecule has 0 unspecified atom stereocenters. The molecule has 1 aliphatic rings. The number of methoxy groups -OCH3 is 1. The van der Waals surface area contributed by atoms with Gasteiger partial charge in [-0.2, -0.15) is 13.2 Å². The highest BCUT2D eigenvalue weighted by molar-refractivity contribution is 7.95. The van der Waals surface area contributed by atoms with Crippen LogP contribution in [0.5, 0.6) is 5.88 Å². The summed E-state index contributed by atoms with van der Waals surface area (Å²) in [4.78, 5) is 21.5. The second-order valence-corrected chi connectivity index (χ2v) is 12.1. The van der Waals surface area contributed by atoms with Crippen molar-refractivity contribution in [3.63, 3.8) is 0 Å². The van der Waals surface area contributed by atoms with Crippen molar-refractivity contribution in [3.05, 3.63) is 48.0 Å². The Kier molecular flexibility index (Phi) is 8.71. The molecule has 2 aromatic heterocycles. The number of carboxylic acids is 1. The van der Waals surface area contributed by atoms with Gasteiger partial charge in [-0.1, -0.05) is 5.16 Å². The standard InChI is InChI=1S/C22H24F2N6O3S.C2HF3O2/c1-21(2)20(25)29-22(11-23,12-34(21,31)26-3)14-7-13(5-6-15(14)24)18-8-16(30-33-18)17-9-28-19(32-4)10-27-17;3-2(4,5)1(6)7/h5-10H,11-12H2,1-4H3,(H2,25,29);(H,6,7)/t22-,34-;/m0./s1. The molecule has 0 amide bonds. The van der Waals surface area contributed by atoms with Crippen LogP contribution in [0, 0.1) is 5.82 Å². The van der Waals surface area contributed by atoms with Crippen molar-refractivity contribution >= 4 is 21.5 Å². The zero-order valence-corrected chi connectivity index (χ0v) is 22.9. The Bertz CT molecular complexity index is 1580. The van der Waals surface area contributed by atoms with E-state index in [0.29, 0.717) is 22.8 Å². The van der Waals surface area contributed by atoms with Crippen molar-refractivity contribution in [1.29, 1.82) is 0 Å². The van der Waals surface area contributed by atoms with E-state index >= 15 is 4.39 Å². The normalized spacial score (nSPS) is 21.7. The summed E-state index contributed by atoms with van der Waals surface area (Å²) in [6.45, 7) is 2.15. The Morgan fingerprint density at radius 2 is 1.88 bits per heavy atom. The van der Waals surface area contributed by atoms with Crippen LogP contribution in [0.25, 0.3) is 22.7 Å². The number of rotatable bonds is 5. The van der Waals surface area contributed by atoms with Crippen LogP contribution in [0.2, 0.25) is 0 Å². The molecular weight excluding hydrogens is 579 g/mol. The molecule has 0 fully saturated rings. The maximum Gasteiger partial charge on any atom is 0.490 e. The van der Waals surface area contributed by atoms with E-state index in [0.717, 1.165) is 0 Å². The van der Waals surface area contributed by atoms with Gasteiger partial charge in [0.15, 0.2) is 5.76 Å². The number of nitrogens with two attached hydrogens (primary N) is 1. The molecular formula is C24H25F5N6O5S. The molecule has 222 valence electrons. The van der Waals surface area contributed by atoms with Gasteiger partial charge in [-0.25, -0.2) is 32.1 Å². The van der Waals surface area contributed by atoms with Crippen LogP contribution >= 0.6 is 0 Å². The lowest BCUT2D eigenvalue weighted by Gasteiger charge is -2.41. The molecule has 0 spiro atoms. The number of aliphatic imine (C=N–C) groups is 1. The molecule has 11 nitrogen and oxygen atoms in total. The summed E-state index contributed by atoms with van der Waals surface area (Å²) in [5, 5.41) is 11.1. The first-order valence-electron chi connectivity index (χ1n) is 11.5. The van der Waals surface area contributed by atoms with Gasteiger partial charge in [0.1, 0.15) is 40.0 Å². The van der Waals surface area contributed by atoms with Crippen molar-refractivity contribution < 1.29 is 45.3 Å². The number of halogens is 5. The van der Waals surface area contributed by atoms with E-state index in [2.05, 4.69) is 24.5 Å². The van der Waals surface area contributed by atoms with Crippen LogP contribution in [0.1, 0.15) is 19.4 Å². The first-order valence-corrected chi connectivity index (χ1v) is 13.2. The van der Waals surface area contributed by atoms with Gasteiger partial charge in [0.2, 0.25) is 5.88 Å². The maximum atomic E-state index is 15.0. The highest BCUT2D eigenvalue weighted by Crippen LogP contribution is 2.41. The first kappa shape index (κ1) is 31.4. The van der Waals surface area contributed by atoms with Crippen molar-refractivity contribution in [1.82, 2.24) is 15.1 Å². The Hall–Kier alpha value is -4.15. The van der Waals surface area contributed by atoms with Crippen molar-refractivity contribution in [2.75, 3.05) is 26.6 Å². The predicted octanol–water partition coefficient (Wildman–Crippen LogP) is 3.99. The highest BCUT2D eigenvalue weighted by Gasteiger charge is 2.50. The topological polar surface area (TPSA) is 166 Å². The number of ether oxygens (including phenoxy) is 1. The number of hydrogen-bond acceptors (Lipinski definition) is 10. The Morgan fingerprint density at radius 3 is 2.39 bits per heavy atom. The number of alkyl halides is 4. The fourth-order valence-electron chi connectivity index (χ4n) is 3.76. The number of nitrogens with zero attached hydrogens (tertiary/aromatic N) is 5. The lowest BCUT2D eigenvalue weighted by atomic mass is 9.90. The van der Waals surface area contributed by atoms with E-state index in [4.69, 9.17) is 24.9 Å². The second-order valence-electron chi connectivity index (χ2n) is 9.16. The minimum Gasteiger partial charge on any atom is -0.480 e. The molecule has 1 aliphatic heterocycles. The third kappa shape index (κ3) is 6.13. The molecule has 0 bridgehead atoms. The van der Waals surface area contributed by atoms with Crippen LogP contribution < -0.4 is 10.5 Å². The van der Waals surface area contributed by atoms with E-state index < -0.39 is 44.7 Å². The second kappa shape index (κ2) is 11.4. The molecule has 2 atom stereocenters. The molecule has 0 aliphatic carbocycles. The average molecular weight is 605 g/mol. The molecule has 17 heteroatoms. The zero-order chi connectivity index (χ0) is 30.8. The van der Waals surface area contributed by atoms with Crippen LogP contribution in [-0.4, -0.2) is 73.8 Å². The summed E-state index contributed by atoms with van der Waals surface area (Å²) in [6, 6.07) is 5.65. The minimum atomic E-state index is -5.08. The summed E-state index contributed by atoms with van der Waals surface area (Å²) in [5.74, 6) is -3.19. The Labute approximate surface area is 230 Å². The Balaban J connectivity index is 0.000000587. The van der Waals surface area contributed by atoms with Gasteiger partial charge in [0.25, 0.3) is 0 Å². The molecule has 4 rings (SSSR count). The van der Waals surface area contributed by atoms with Crippen molar-refractivity contribution in [2.24, 2.45) is 15.1 Å². The number of benzene rings is 1. The van der Waals surface area contributed by atoms with Crippen molar-refractivity contribution in [2.45, 2.75) is 30.3 Å². The minimum absolute atomic E-state index is 0.0446. The van der Waals surface area contributed by atoms with E-state index in [-0.39, 0.29) is 22.9 Å². The van der Waals surface area contributed by atoms with Gasteiger partial charge >= 0.3 is 12.1 Å². The number of carbonyl (C=O) groups is 1. The zero-order valence-electron chi connectivity index (χ0n) is 22.1. The van der Waals surface area contributed by atoms with Crippen LogP contribution in [0.3, 0.4) is 0 Å². The van der Waals surface area contributed by atoms with E-state index in [1.165, 1.54) is 44.8 Å². The molecule has 0 radical (unpaired) electrons. The molecule has 0 saturated carbocycles.